The summed E-state index contributed by atoms with van der Waals surface area (Å²) < 4.78 is 19.8. The Bertz CT molecular complexity index is 1310. The molecule has 0 bridgehead atoms. The lowest BCUT2D eigenvalue weighted by molar-refractivity contribution is -0.128. The summed E-state index contributed by atoms with van der Waals surface area (Å²) >= 11 is 5.95. The molecular formula is C28H26ClFN4O4. The van der Waals surface area contributed by atoms with Gasteiger partial charge in [-0.3, -0.25) is 24.3 Å². The largest absolute Gasteiger partial charge is 0.353 e. The molecule has 1 spiro atoms. The van der Waals surface area contributed by atoms with Crippen LogP contribution in [0.25, 0.3) is 0 Å². The second-order valence-electron chi connectivity index (χ2n) is 9.29. The zero-order chi connectivity index (χ0) is 26.7. The molecular weight excluding hydrogens is 511 g/mol. The van der Waals surface area contributed by atoms with Crippen molar-refractivity contribution in [3.05, 3.63) is 101 Å². The van der Waals surface area contributed by atoms with Gasteiger partial charge in [0.05, 0.1) is 18.8 Å². The maximum atomic E-state index is 13.7. The van der Waals surface area contributed by atoms with Gasteiger partial charge in [0, 0.05) is 48.3 Å². The van der Waals surface area contributed by atoms with E-state index < -0.39 is 23.5 Å². The van der Waals surface area contributed by atoms with Gasteiger partial charge in [-0.1, -0.05) is 17.7 Å². The van der Waals surface area contributed by atoms with Crippen LogP contribution < -0.4 is 5.32 Å². The Labute approximate surface area is 224 Å². The van der Waals surface area contributed by atoms with Crippen molar-refractivity contribution >= 4 is 29.3 Å². The molecule has 1 aromatic heterocycles. The SMILES string of the molecule is O=C(NCc1ccccn1)C1COC2(CCN(C(=O)c3ccc(Cl)cc3)CC2)N1C(=O)c1ccc(F)cc1. The minimum absolute atomic E-state index is 0.00607. The van der Waals surface area contributed by atoms with Crippen molar-refractivity contribution in [3.63, 3.8) is 0 Å². The zero-order valence-electron chi connectivity index (χ0n) is 20.5. The molecule has 0 aliphatic carbocycles. The lowest BCUT2D eigenvalue weighted by atomic mass is 9.96. The molecule has 1 N–H and O–H groups in total. The number of nitrogens with zero attached hydrogens (tertiary/aromatic N) is 3. The molecule has 2 aliphatic rings. The maximum absolute atomic E-state index is 13.7. The Morgan fingerprint density at radius 2 is 1.63 bits per heavy atom. The number of likely N-dealkylation sites (tertiary alicyclic amines) is 1. The number of nitrogens with one attached hydrogen (secondary N) is 1. The monoisotopic (exact) mass is 536 g/mol. The lowest BCUT2D eigenvalue weighted by Crippen LogP contribution is -2.59. The van der Waals surface area contributed by atoms with Crippen LogP contribution in [0.2, 0.25) is 5.02 Å². The summed E-state index contributed by atoms with van der Waals surface area (Å²) in [6.07, 6.45) is 2.28. The molecule has 1 atom stereocenters. The smallest absolute Gasteiger partial charge is 0.256 e. The van der Waals surface area contributed by atoms with Crippen molar-refractivity contribution in [2.75, 3.05) is 19.7 Å². The minimum Gasteiger partial charge on any atom is -0.353 e. The van der Waals surface area contributed by atoms with Crippen LogP contribution in [0.4, 0.5) is 4.39 Å². The van der Waals surface area contributed by atoms with Gasteiger partial charge in [0.15, 0.2) is 0 Å². The second kappa shape index (κ2) is 10.9. The van der Waals surface area contributed by atoms with Crippen LogP contribution in [-0.4, -0.2) is 64.0 Å². The molecule has 3 heterocycles. The molecule has 2 saturated heterocycles. The average molecular weight is 537 g/mol. The highest BCUT2D eigenvalue weighted by atomic mass is 35.5. The normalized spacial score (nSPS) is 18.4. The van der Waals surface area contributed by atoms with Gasteiger partial charge >= 0.3 is 0 Å². The van der Waals surface area contributed by atoms with E-state index in [1.54, 1.807) is 47.5 Å². The molecule has 2 aromatic carbocycles. The van der Waals surface area contributed by atoms with Crippen LogP contribution in [0.1, 0.15) is 39.3 Å². The van der Waals surface area contributed by atoms with E-state index in [0.29, 0.717) is 42.2 Å². The topological polar surface area (TPSA) is 91.8 Å². The fourth-order valence-electron chi connectivity index (χ4n) is 4.93. The van der Waals surface area contributed by atoms with Crippen molar-refractivity contribution in [1.29, 1.82) is 0 Å². The number of hydrogen-bond acceptors (Lipinski definition) is 5. The first-order valence-corrected chi connectivity index (χ1v) is 12.7. The van der Waals surface area contributed by atoms with Gasteiger partial charge < -0.3 is 15.0 Å². The summed E-state index contributed by atoms with van der Waals surface area (Å²) in [5.74, 6) is -1.41. The first-order chi connectivity index (χ1) is 18.4. The Morgan fingerprint density at radius 3 is 2.29 bits per heavy atom. The first-order valence-electron chi connectivity index (χ1n) is 12.3. The van der Waals surface area contributed by atoms with E-state index in [4.69, 9.17) is 16.3 Å². The fourth-order valence-corrected chi connectivity index (χ4v) is 5.06. The average Bonchev–Trinajstić information content (AvgIpc) is 3.31. The summed E-state index contributed by atoms with van der Waals surface area (Å²) in [6, 6.07) is 16.4. The van der Waals surface area contributed by atoms with Crippen LogP contribution >= 0.6 is 11.6 Å². The van der Waals surface area contributed by atoms with E-state index >= 15 is 0 Å². The number of carbonyl (C=O) groups excluding carboxylic acids is 3. The van der Waals surface area contributed by atoms with Crippen molar-refractivity contribution in [2.45, 2.75) is 31.2 Å². The molecule has 3 aromatic rings. The van der Waals surface area contributed by atoms with Crippen LogP contribution in [-0.2, 0) is 16.1 Å². The van der Waals surface area contributed by atoms with Gasteiger partial charge in [0.1, 0.15) is 17.6 Å². The summed E-state index contributed by atoms with van der Waals surface area (Å²) in [4.78, 5) is 47.4. The number of aromatic nitrogens is 1. The number of amides is 3. The lowest BCUT2D eigenvalue weighted by Gasteiger charge is -2.44. The number of ether oxygens (including phenoxy) is 1. The van der Waals surface area contributed by atoms with Crippen LogP contribution in [0.15, 0.2) is 72.9 Å². The molecule has 10 heteroatoms. The summed E-state index contributed by atoms with van der Waals surface area (Å²) in [5, 5.41) is 3.39. The number of benzene rings is 2. The molecule has 196 valence electrons. The van der Waals surface area contributed by atoms with Gasteiger partial charge in [-0.05, 0) is 60.7 Å². The third kappa shape index (κ3) is 5.25. The molecule has 3 amide bonds. The highest BCUT2D eigenvalue weighted by Crippen LogP contribution is 2.39. The van der Waals surface area contributed by atoms with E-state index in [0.717, 1.165) is 0 Å². The maximum Gasteiger partial charge on any atom is 0.256 e. The van der Waals surface area contributed by atoms with Crippen molar-refractivity contribution in [1.82, 2.24) is 20.1 Å². The molecule has 2 fully saturated rings. The van der Waals surface area contributed by atoms with Crippen LogP contribution in [0, 0.1) is 5.82 Å². The van der Waals surface area contributed by atoms with Gasteiger partial charge in [0.25, 0.3) is 11.8 Å². The quantitative estimate of drug-likeness (QED) is 0.537. The van der Waals surface area contributed by atoms with Crippen molar-refractivity contribution in [3.8, 4) is 0 Å². The number of hydrogen-bond donors (Lipinski definition) is 1. The third-order valence-electron chi connectivity index (χ3n) is 6.97. The number of carbonyl (C=O) groups is 3. The van der Waals surface area contributed by atoms with Crippen molar-refractivity contribution < 1.29 is 23.5 Å². The predicted octanol–water partition coefficient (Wildman–Crippen LogP) is 3.66. The van der Waals surface area contributed by atoms with E-state index in [2.05, 4.69) is 10.3 Å². The van der Waals surface area contributed by atoms with Crippen LogP contribution in [0.5, 0.6) is 0 Å². The number of rotatable bonds is 5. The third-order valence-corrected chi connectivity index (χ3v) is 7.22. The molecule has 38 heavy (non-hydrogen) atoms. The van der Waals surface area contributed by atoms with Crippen molar-refractivity contribution in [2.24, 2.45) is 0 Å². The molecule has 2 aliphatic heterocycles. The number of piperidine rings is 1. The summed E-state index contributed by atoms with van der Waals surface area (Å²) in [5.41, 5.74) is 0.372. The molecule has 8 nitrogen and oxygen atoms in total. The van der Waals surface area contributed by atoms with Crippen LogP contribution in [0.3, 0.4) is 0 Å². The van der Waals surface area contributed by atoms with Gasteiger partial charge in [-0.2, -0.15) is 0 Å². The Balaban J connectivity index is 1.36. The zero-order valence-corrected chi connectivity index (χ0v) is 21.2. The van der Waals surface area contributed by atoms with Gasteiger partial charge in [0.2, 0.25) is 5.91 Å². The second-order valence-corrected chi connectivity index (χ2v) is 9.73. The standard InChI is InChI=1S/C28H26ClFN4O4/c29-21-8-4-19(5-9-21)26(36)33-15-12-28(13-16-33)34(27(37)20-6-10-22(30)11-7-20)24(18-38-28)25(35)32-17-23-3-1-2-14-31-23/h1-11,14,24H,12-13,15-18H2,(H,32,35). The summed E-state index contributed by atoms with van der Waals surface area (Å²) in [7, 11) is 0. The Kier molecular flexibility index (Phi) is 7.40. The molecule has 0 radical (unpaired) electrons. The minimum atomic E-state index is -1.07. The number of halogens is 2. The molecule has 5 rings (SSSR count). The molecule has 0 saturated carbocycles. The Hall–Kier alpha value is -3.82. The fraction of sp³-hybridized carbons (Fsp3) is 0.286. The van der Waals surface area contributed by atoms with E-state index in [9.17, 15) is 18.8 Å². The molecule has 1 unspecified atom stereocenters. The van der Waals surface area contributed by atoms with Gasteiger partial charge in [-0.15, -0.1) is 0 Å². The highest BCUT2D eigenvalue weighted by molar-refractivity contribution is 6.30. The van der Waals surface area contributed by atoms with E-state index in [1.807, 2.05) is 6.07 Å². The number of pyridine rings is 1. The Morgan fingerprint density at radius 1 is 0.974 bits per heavy atom. The van der Waals surface area contributed by atoms with Gasteiger partial charge in [-0.25, -0.2) is 4.39 Å². The first kappa shape index (κ1) is 25.8. The predicted molar refractivity (Wildman–Crippen MR) is 138 cm³/mol. The summed E-state index contributed by atoms with van der Waals surface area (Å²) in [6.45, 7) is 0.866. The van der Waals surface area contributed by atoms with E-state index in [1.165, 1.54) is 29.2 Å². The van der Waals surface area contributed by atoms with E-state index in [-0.39, 0.29) is 30.5 Å². The highest BCUT2D eigenvalue weighted by Gasteiger charge is 2.54.